The summed E-state index contributed by atoms with van der Waals surface area (Å²) < 4.78 is 5.58. The fourth-order valence-corrected chi connectivity index (χ4v) is 1.96. The number of ether oxygens (including phenoxy) is 1. The van der Waals surface area contributed by atoms with E-state index in [-0.39, 0.29) is 17.5 Å². The molecule has 0 amide bonds. The molecule has 0 bridgehead atoms. The molecular formula is C15H17N3O3. The van der Waals surface area contributed by atoms with Crippen molar-refractivity contribution in [3.63, 3.8) is 0 Å². The molecule has 1 atom stereocenters. The van der Waals surface area contributed by atoms with Crippen LogP contribution in [-0.4, -0.2) is 9.91 Å². The van der Waals surface area contributed by atoms with E-state index in [0.29, 0.717) is 11.3 Å². The van der Waals surface area contributed by atoms with Crippen LogP contribution in [-0.2, 0) is 0 Å². The summed E-state index contributed by atoms with van der Waals surface area (Å²) in [7, 11) is 0. The highest BCUT2D eigenvalue weighted by Crippen LogP contribution is 2.33. The second kappa shape index (κ2) is 6.32. The normalized spacial score (nSPS) is 12.0. The Morgan fingerprint density at radius 1 is 1.38 bits per heavy atom. The van der Waals surface area contributed by atoms with Gasteiger partial charge in [0.2, 0.25) is 5.75 Å². The van der Waals surface area contributed by atoms with Gasteiger partial charge in [-0.1, -0.05) is 19.1 Å². The maximum Gasteiger partial charge on any atom is 0.314 e. The van der Waals surface area contributed by atoms with Gasteiger partial charge >= 0.3 is 5.69 Å². The van der Waals surface area contributed by atoms with Crippen LogP contribution in [0.15, 0.2) is 36.5 Å². The lowest BCUT2D eigenvalue weighted by Crippen LogP contribution is -2.10. The van der Waals surface area contributed by atoms with Crippen molar-refractivity contribution >= 4 is 5.69 Å². The summed E-state index contributed by atoms with van der Waals surface area (Å²) in [6, 6.07) is 8.32. The van der Waals surface area contributed by atoms with Crippen molar-refractivity contribution in [1.29, 1.82) is 0 Å². The predicted molar refractivity (Wildman–Crippen MR) is 79.4 cm³/mol. The number of hydrogen-bond donors (Lipinski definition) is 1. The van der Waals surface area contributed by atoms with Gasteiger partial charge in [-0.15, -0.1) is 0 Å². The fraction of sp³-hybridized carbons (Fsp3) is 0.267. The highest BCUT2D eigenvalue weighted by atomic mass is 16.6. The number of nitrogens with two attached hydrogens (primary N) is 1. The largest absolute Gasteiger partial charge is 0.448 e. The number of aromatic nitrogens is 1. The number of para-hydroxylation sites is 1. The van der Waals surface area contributed by atoms with E-state index in [1.807, 2.05) is 6.92 Å². The van der Waals surface area contributed by atoms with Crippen molar-refractivity contribution in [2.75, 3.05) is 0 Å². The van der Waals surface area contributed by atoms with Crippen LogP contribution in [0.4, 0.5) is 5.69 Å². The minimum atomic E-state index is -0.445. The lowest BCUT2D eigenvalue weighted by atomic mass is 10.1. The molecule has 0 saturated carbocycles. The number of pyridine rings is 1. The molecule has 21 heavy (non-hydrogen) atoms. The zero-order valence-electron chi connectivity index (χ0n) is 11.9. The third kappa shape index (κ3) is 3.35. The molecular weight excluding hydrogens is 270 g/mol. The first kappa shape index (κ1) is 14.9. The second-order valence-corrected chi connectivity index (χ2v) is 4.71. The van der Waals surface area contributed by atoms with Gasteiger partial charge in [-0.2, -0.15) is 0 Å². The minimum absolute atomic E-state index is 0.0353. The van der Waals surface area contributed by atoms with E-state index in [9.17, 15) is 10.1 Å². The first-order valence-corrected chi connectivity index (χ1v) is 6.66. The third-order valence-electron chi connectivity index (χ3n) is 3.19. The van der Waals surface area contributed by atoms with E-state index in [1.165, 1.54) is 6.20 Å². The van der Waals surface area contributed by atoms with Crippen molar-refractivity contribution in [2.24, 2.45) is 5.73 Å². The second-order valence-electron chi connectivity index (χ2n) is 4.71. The van der Waals surface area contributed by atoms with E-state index >= 15 is 0 Å². The van der Waals surface area contributed by atoms with E-state index < -0.39 is 4.92 Å². The van der Waals surface area contributed by atoms with E-state index in [4.69, 9.17) is 10.5 Å². The minimum Gasteiger partial charge on any atom is -0.448 e. The van der Waals surface area contributed by atoms with Crippen LogP contribution < -0.4 is 10.5 Å². The molecule has 0 saturated heterocycles. The third-order valence-corrected chi connectivity index (χ3v) is 3.19. The molecule has 1 aromatic heterocycles. The van der Waals surface area contributed by atoms with Gasteiger partial charge in [0.05, 0.1) is 16.8 Å². The van der Waals surface area contributed by atoms with Crippen LogP contribution in [0.25, 0.3) is 0 Å². The molecule has 2 N–H and O–H groups in total. The molecule has 0 unspecified atom stereocenters. The van der Waals surface area contributed by atoms with Crippen LogP contribution in [0.5, 0.6) is 11.5 Å². The highest BCUT2D eigenvalue weighted by molar-refractivity contribution is 5.53. The molecule has 0 spiro atoms. The Labute approximate surface area is 122 Å². The van der Waals surface area contributed by atoms with Crippen LogP contribution in [0.1, 0.15) is 30.6 Å². The average molecular weight is 287 g/mol. The van der Waals surface area contributed by atoms with Crippen molar-refractivity contribution in [2.45, 2.75) is 26.3 Å². The molecule has 0 fully saturated rings. The van der Waals surface area contributed by atoms with E-state index in [2.05, 4.69) is 4.98 Å². The Balaban J connectivity index is 2.27. The van der Waals surface area contributed by atoms with Crippen molar-refractivity contribution in [3.05, 3.63) is 57.9 Å². The maximum atomic E-state index is 11.1. The summed E-state index contributed by atoms with van der Waals surface area (Å²) in [4.78, 5) is 14.9. The van der Waals surface area contributed by atoms with Crippen LogP contribution in [0.3, 0.4) is 0 Å². The highest BCUT2D eigenvalue weighted by Gasteiger charge is 2.18. The van der Waals surface area contributed by atoms with Crippen molar-refractivity contribution in [3.8, 4) is 11.5 Å². The summed E-state index contributed by atoms with van der Waals surface area (Å²) >= 11 is 0. The average Bonchev–Trinajstić information content (AvgIpc) is 2.47. The standard InChI is InChI=1S/C15H17N3O3/c1-3-12(16)13-8-7-11(9-17-13)21-14-6-4-5-10(2)15(14)18(19)20/h4-9,12H,3,16H2,1-2H3/t12-/m1/s1. The van der Waals surface area contributed by atoms with Gasteiger partial charge in [-0.05, 0) is 31.5 Å². The molecule has 0 aliphatic carbocycles. The van der Waals surface area contributed by atoms with Gasteiger partial charge < -0.3 is 10.5 Å². The van der Waals surface area contributed by atoms with Crippen LogP contribution in [0, 0.1) is 17.0 Å². The summed E-state index contributed by atoms with van der Waals surface area (Å²) in [5.41, 5.74) is 7.17. The van der Waals surface area contributed by atoms with Gasteiger partial charge in [0.15, 0.2) is 0 Å². The number of nitrogens with zero attached hydrogens (tertiary/aromatic N) is 2. The summed E-state index contributed by atoms with van der Waals surface area (Å²) in [6.07, 6.45) is 2.31. The number of nitro benzene ring substituents is 1. The predicted octanol–water partition coefficient (Wildman–Crippen LogP) is 3.50. The summed E-state index contributed by atoms with van der Waals surface area (Å²) in [5, 5.41) is 11.1. The Hall–Kier alpha value is -2.47. The first-order valence-electron chi connectivity index (χ1n) is 6.66. The Morgan fingerprint density at radius 3 is 2.71 bits per heavy atom. The number of hydrogen-bond acceptors (Lipinski definition) is 5. The van der Waals surface area contributed by atoms with E-state index in [1.54, 1.807) is 37.3 Å². The molecule has 0 aliphatic heterocycles. The topological polar surface area (TPSA) is 91.3 Å². The first-order chi connectivity index (χ1) is 10.0. The summed E-state index contributed by atoms with van der Waals surface area (Å²) in [6.45, 7) is 3.65. The van der Waals surface area contributed by atoms with Crippen molar-refractivity contribution < 1.29 is 9.66 Å². The number of nitro groups is 1. The van der Waals surface area contributed by atoms with Gasteiger partial charge in [0.25, 0.3) is 0 Å². The van der Waals surface area contributed by atoms with Crippen LogP contribution in [0.2, 0.25) is 0 Å². The monoisotopic (exact) mass is 287 g/mol. The zero-order chi connectivity index (χ0) is 15.4. The summed E-state index contributed by atoms with van der Waals surface area (Å²) in [5.74, 6) is 0.644. The Kier molecular flexibility index (Phi) is 4.49. The van der Waals surface area contributed by atoms with Crippen LogP contribution >= 0.6 is 0 Å². The Morgan fingerprint density at radius 2 is 2.14 bits per heavy atom. The molecule has 1 aromatic carbocycles. The molecule has 1 heterocycles. The van der Waals surface area contributed by atoms with Crippen molar-refractivity contribution in [1.82, 2.24) is 4.98 Å². The molecule has 6 heteroatoms. The lowest BCUT2D eigenvalue weighted by molar-refractivity contribution is -0.386. The molecule has 110 valence electrons. The lowest BCUT2D eigenvalue weighted by Gasteiger charge is -2.10. The van der Waals surface area contributed by atoms with Gasteiger partial charge in [0, 0.05) is 11.6 Å². The van der Waals surface area contributed by atoms with Gasteiger partial charge in [0.1, 0.15) is 5.75 Å². The molecule has 6 nitrogen and oxygen atoms in total. The molecule has 0 aliphatic rings. The molecule has 2 rings (SSSR count). The number of aryl methyl sites for hydroxylation is 1. The molecule has 2 aromatic rings. The SMILES string of the molecule is CC[C@@H](N)c1ccc(Oc2cccc(C)c2[N+](=O)[O-])cn1. The Bertz CT molecular complexity index is 641. The van der Waals surface area contributed by atoms with Gasteiger partial charge in [-0.3, -0.25) is 15.1 Å². The number of rotatable bonds is 5. The zero-order valence-corrected chi connectivity index (χ0v) is 11.9. The van der Waals surface area contributed by atoms with E-state index in [0.717, 1.165) is 12.1 Å². The smallest absolute Gasteiger partial charge is 0.314 e. The fourth-order valence-electron chi connectivity index (χ4n) is 1.96. The van der Waals surface area contributed by atoms with Gasteiger partial charge in [-0.25, -0.2) is 0 Å². The molecule has 0 radical (unpaired) electrons. The quantitative estimate of drug-likeness (QED) is 0.671. The maximum absolute atomic E-state index is 11.1. The number of benzene rings is 1.